The normalized spacial score (nSPS) is 23.1. The lowest BCUT2D eigenvalue weighted by atomic mass is 10.1. The Morgan fingerprint density at radius 2 is 2.00 bits per heavy atom. The average molecular weight is 305 g/mol. The number of rotatable bonds is 4. The minimum absolute atomic E-state index is 0.0374. The number of furan rings is 1. The van der Waals surface area contributed by atoms with Crippen molar-refractivity contribution in [1.82, 2.24) is 14.7 Å². The quantitative estimate of drug-likeness (QED) is 0.822. The fraction of sp³-hybridized carbons (Fsp3) is 0.625. The summed E-state index contributed by atoms with van der Waals surface area (Å²) in [5.41, 5.74) is 0. The van der Waals surface area contributed by atoms with Crippen molar-refractivity contribution in [2.45, 2.75) is 32.4 Å². The largest absolute Gasteiger partial charge is 0.465 e. The van der Waals surface area contributed by atoms with Gasteiger partial charge in [0.05, 0.1) is 13.1 Å². The van der Waals surface area contributed by atoms with Gasteiger partial charge in [0.1, 0.15) is 17.6 Å². The van der Waals surface area contributed by atoms with Crippen LogP contribution in [0.3, 0.4) is 0 Å². The molecule has 0 spiro atoms. The molecule has 22 heavy (non-hydrogen) atoms. The van der Waals surface area contributed by atoms with E-state index in [9.17, 15) is 9.59 Å². The van der Waals surface area contributed by atoms with Crippen molar-refractivity contribution in [3.05, 3.63) is 23.7 Å². The number of aryl methyl sites for hydroxylation is 1. The Labute approximate surface area is 130 Å². The molecule has 6 nitrogen and oxygen atoms in total. The van der Waals surface area contributed by atoms with Crippen molar-refractivity contribution in [3.63, 3.8) is 0 Å². The predicted molar refractivity (Wildman–Crippen MR) is 81.1 cm³/mol. The van der Waals surface area contributed by atoms with Crippen LogP contribution in [0, 0.1) is 0 Å². The number of carbonyl (C=O) groups is 2. The van der Waals surface area contributed by atoms with Gasteiger partial charge in [-0.05, 0) is 18.6 Å². The highest BCUT2D eigenvalue weighted by atomic mass is 16.3. The molecule has 2 aliphatic rings. The maximum Gasteiger partial charge on any atom is 0.246 e. The third kappa shape index (κ3) is 2.88. The molecule has 2 amide bonds. The molecule has 0 saturated carbocycles. The van der Waals surface area contributed by atoms with Crippen LogP contribution in [0.1, 0.15) is 24.9 Å². The lowest BCUT2D eigenvalue weighted by Gasteiger charge is -2.45. The van der Waals surface area contributed by atoms with Gasteiger partial charge in [0.25, 0.3) is 0 Å². The Hall–Kier alpha value is -1.82. The molecule has 2 saturated heterocycles. The Balaban J connectivity index is 1.64. The minimum Gasteiger partial charge on any atom is -0.465 e. The summed E-state index contributed by atoms with van der Waals surface area (Å²) in [5, 5.41) is 0. The molecule has 0 aliphatic carbocycles. The number of hydrogen-bond donors (Lipinski definition) is 0. The van der Waals surface area contributed by atoms with Gasteiger partial charge in [0, 0.05) is 33.1 Å². The number of carbonyl (C=O) groups excluding carboxylic acids is 2. The number of hydrogen-bond acceptors (Lipinski definition) is 4. The smallest absolute Gasteiger partial charge is 0.246 e. The van der Waals surface area contributed by atoms with E-state index in [1.165, 1.54) is 4.90 Å². The molecule has 0 N–H and O–H groups in total. The van der Waals surface area contributed by atoms with Gasteiger partial charge in [-0.15, -0.1) is 0 Å². The van der Waals surface area contributed by atoms with Crippen LogP contribution in [-0.4, -0.2) is 65.8 Å². The third-order valence-corrected chi connectivity index (χ3v) is 4.41. The molecule has 2 fully saturated rings. The number of piperazine rings is 2. The number of likely N-dealkylation sites (N-methyl/N-ethyl adjacent to an activating group) is 1. The molecule has 3 rings (SSSR count). The van der Waals surface area contributed by atoms with Crippen LogP contribution in [0.15, 0.2) is 16.5 Å². The lowest BCUT2D eigenvalue weighted by Crippen LogP contribution is -2.65. The monoisotopic (exact) mass is 305 g/mol. The predicted octanol–water partition coefficient (Wildman–Crippen LogP) is 0.717. The van der Waals surface area contributed by atoms with E-state index in [2.05, 4.69) is 11.8 Å². The highest BCUT2D eigenvalue weighted by molar-refractivity contribution is 5.95. The van der Waals surface area contributed by atoms with Crippen molar-refractivity contribution in [3.8, 4) is 0 Å². The molecule has 0 radical (unpaired) electrons. The minimum atomic E-state index is -0.343. The van der Waals surface area contributed by atoms with Crippen LogP contribution in [0.25, 0.3) is 0 Å². The molecule has 1 atom stereocenters. The standard InChI is InChI=1S/C16H23N3O3/c1-3-4-12-5-6-13(22-12)9-18-7-8-19-14(10-18)16(21)17(2)11-15(19)20/h5-6,14H,3-4,7-11H2,1-2H3/t14-/m0/s1. The first-order valence-corrected chi connectivity index (χ1v) is 7.93. The number of fused-ring (bicyclic) bond motifs is 1. The van der Waals surface area contributed by atoms with Crippen LogP contribution in [0.5, 0.6) is 0 Å². The van der Waals surface area contributed by atoms with E-state index >= 15 is 0 Å². The SMILES string of the molecule is CCCc1ccc(CN2CCN3C(=O)CN(C)C(=O)[C@@H]3C2)o1. The molecule has 1 aromatic rings. The van der Waals surface area contributed by atoms with E-state index in [0.717, 1.165) is 30.9 Å². The lowest BCUT2D eigenvalue weighted by molar-refractivity contribution is -0.158. The summed E-state index contributed by atoms with van der Waals surface area (Å²) in [6.45, 7) is 5.00. The zero-order chi connectivity index (χ0) is 15.7. The van der Waals surface area contributed by atoms with Gasteiger partial charge >= 0.3 is 0 Å². The van der Waals surface area contributed by atoms with Crippen molar-refractivity contribution in [2.24, 2.45) is 0 Å². The number of amides is 2. The molecule has 0 unspecified atom stereocenters. The molecule has 0 aromatic carbocycles. The maximum atomic E-state index is 12.3. The highest BCUT2D eigenvalue weighted by Crippen LogP contribution is 2.19. The molecular weight excluding hydrogens is 282 g/mol. The van der Waals surface area contributed by atoms with Gasteiger partial charge in [-0.1, -0.05) is 6.92 Å². The number of nitrogens with zero attached hydrogens (tertiary/aromatic N) is 3. The van der Waals surface area contributed by atoms with Crippen LogP contribution in [0.4, 0.5) is 0 Å². The molecular formula is C16H23N3O3. The van der Waals surface area contributed by atoms with E-state index < -0.39 is 0 Å². The van der Waals surface area contributed by atoms with Crippen LogP contribution in [-0.2, 0) is 22.6 Å². The van der Waals surface area contributed by atoms with Crippen molar-refractivity contribution >= 4 is 11.8 Å². The van der Waals surface area contributed by atoms with E-state index in [1.807, 2.05) is 12.1 Å². The van der Waals surface area contributed by atoms with E-state index in [0.29, 0.717) is 19.6 Å². The van der Waals surface area contributed by atoms with Gasteiger partial charge in [-0.3, -0.25) is 14.5 Å². The average Bonchev–Trinajstić information content (AvgIpc) is 2.92. The van der Waals surface area contributed by atoms with Gasteiger partial charge < -0.3 is 14.2 Å². The van der Waals surface area contributed by atoms with Crippen LogP contribution >= 0.6 is 0 Å². The zero-order valence-corrected chi connectivity index (χ0v) is 13.2. The van der Waals surface area contributed by atoms with Crippen molar-refractivity contribution in [2.75, 3.05) is 33.2 Å². The Bertz CT molecular complexity index is 569. The molecule has 1 aromatic heterocycles. The van der Waals surface area contributed by atoms with Gasteiger partial charge in [0.2, 0.25) is 11.8 Å². The molecule has 120 valence electrons. The van der Waals surface area contributed by atoms with Gasteiger partial charge in [-0.2, -0.15) is 0 Å². The second kappa shape index (κ2) is 6.12. The Morgan fingerprint density at radius 1 is 1.23 bits per heavy atom. The Morgan fingerprint density at radius 3 is 2.77 bits per heavy atom. The Kier molecular flexibility index (Phi) is 4.20. The van der Waals surface area contributed by atoms with Crippen LogP contribution in [0.2, 0.25) is 0 Å². The summed E-state index contributed by atoms with van der Waals surface area (Å²) in [6, 6.07) is 3.69. The summed E-state index contributed by atoms with van der Waals surface area (Å²) in [6.07, 6.45) is 2.02. The second-order valence-corrected chi connectivity index (χ2v) is 6.15. The summed E-state index contributed by atoms with van der Waals surface area (Å²) in [7, 11) is 1.69. The van der Waals surface area contributed by atoms with E-state index in [4.69, 9.17) is 4.42 Å². The molecule has 2 aliphatic heterocycles. The molecule has 3 heterocycles. The van der Waals surface area contributed by atoms with Crippen LogP contribution < -0.4 is 0 Å². The fourth-order valence-corrected chi connectivity index (χ4v) is 3.23. The molecule has 0 bridgehead atoms. The second-order valence-electron chi connectivity index (χ2n) is 6.15. The van der Waals surface area contributed by atoms with Gasteiger partial charge in [-0.25, -0.2) is 0 Å². The topological polar surface area (TPSA) is 57.0 Å². The first kappa shape index (κ1) is 15.1. The van der Waals surface area contributed by atoms with Crippen molar-refractivity contribution < 1.29 is 14.0 Å². The summed E-state index contributed by atoms with van der Waals surface area (Å²) < 4.78 is 5.81. The molecule has 6 heteroatoms. The van der Waals surface area contributed by atoms with Crippen molar-refractivity contribution in [1.29, 1.82) is 0 Å². The third-order valence-electron chi connectivity index (χ3n) is 4.41. The highest BCUT2D eigenvalue weighted by Gasteiger charge is 2.41. The van der Waals surface area contributed by atoms with E-state index in [1.54, 1.807) is 11.9 Å². The van der Waals surface area contributed by atoms with Gasteiger partial charge in [0.15, 0.2) is 0 Å². The zero-order valence-electron chi connectivity index (χ0n) is 13.2. The summed E-state index contributed by atoms with van der Waals surface area (Å²) in [5.74, 6) is 2.03. The fourth-order valence-electron chi connectivity index (χ4n) is 3.23. The summed E-state index contributed by atoms with van der Waals surface area (Å²) >= 11 is 0. The summed E-state index contributed by atoms with van der Waals surface area (Å²) in [4.78, 5) is 29.7. The van der Waals surface area contributed by atoms with E-state index in [-0.39, 0.29) is 24.4 Å². The maximum absolute atomic E-state index is 12.3. The first-order chi connectivity index (χ1) is 10.6. The first-order valence-electron chi connectivity index (χ1n) is 7.93.